The van der Waals surface area contributed by atoms with E-state index in [2.05, 4.69) is 10.5 Å². The third kappa shape index (κ3) is 1.29. The molecule has 2 nitrogen and oxygen atoms in total. The molecular formula is C13H13NO. The van der Waals surface area contributed by atoms with E-state index in [0.717, 1.165) is 18.3 Å². The van der Waals surface area contributed by atoms with Crippen LogP contribution in [0.4, 0.5) is 0 Å². The third-order valence-electron chi connectivity index (χ3n) is 3.23. The van der Waals surface area contributed by atoms with Crippen molar-refractivity contribution < 1.29 is 4.79 Å². The number of hydrogen-bond donors (Lipinski definition) is 0. The Morgan fingerprint density at radius 1 is 1.20 bits per heavy atom. The Bertz CT molecular complexity index is 525. The van der Waals surface area contributed by atoms with Gasteiger partial charge in [-0.25, -0.2) is 0 Å². The summed E-state index contributed by atoms with van der Waals surface area (Å²) in [6.07, 6.45) is 7.76. The molecule has 1 aliphatic rings. The van der Waals surface area contributed by atoms with Crippen molar-refractivity contribution in [3.8, 4) is 0 Å². The van der Waals surface area contributed by atoms with Gasteiger partial charge < -0.3 is 4.40 Å². The molecule has 0 spiro atoms. The summed E-state index contributed by atoms with van der Waals surface area (Å²) in [5.41, 5.74) is 4.84. The number of rotatable bonds is 1. The summed E-state index contributed by atoms with van der Waals surface area (Å²) in [4.78, 5) is 10.7. The zero-order valence-electron chi connectivity index (χ0n) is 8.57. The number of aryl methyl sites for hydroxylation is 2. The minimum atomic E-state index is 0.756. The third-order valence-corrected chi connectivity index (χ3v) is 3.23. The number of carbonyl (C=O) groups excluding carboxylic acids is 1. The smallest absolute Gasteiger partial charge is 0.151 e. The van der Waals surface area contributed by atoms with Gasteiger partial charge in [0, 0.05) is 23.0 Å². The summed E-state index contributed by atoms with van der Waals surface area (Å²) in [6.45, 7) is 0. The lowest BCUT2D eigenvalue weighted by Crippen LogP contribution is -2.03. The maximum atomic E-state index is 10.7. The normalized spacial score (nSPS) is 15.2. The average Bonchev–Trinajstić information content (AvgIpc) is 2.66. The lowest BCUT2D eigenvalue weighted by atomic mass is 9.98. The molecule has 3 rings (SSSR count). The first kappa shape index (κ1) is 8.72. The molecular weight excluding hydrogens is 186 g/mol. The van der Waals surface area contributed by atoms with Gasteiger partial charge in [-0.15, -0.1) is 0 Å². The van der Waals surface area contributed by atoms with Crippen LogP contribution >= 0.6 is 0 Å². The molecule has 0 saturated heterocycles. The van der Waals surface area contributed by atoms with Gasteiger partial charge in [-0.05, 0) is 49.4 Å². The lowest BCUT2D eigenvalue weighted by Gasteiger charge is -2.11. The Balaban J connectivity index is 2.29. The molecule has 0 aromatic carbocycles. The van der Waals surface area contributed by atoms with Crippen LogP contribution in [0.5, 0.6) is 0 Å². The molecule has 0 radical (unpaired) electrons. The zero-order chi connectivity index (χ0) is 10.3. The fraction of sp³-hybridized carbons (Fsp3) is 0.308. The van der Waals surface area contributed by atoms with Crippen molar-refractivity contribution in [1.29, 1.82) is 0 Å². The topological polar surface area (TPSA) is 21.5 Å². The number of aldehydes is 1. The van der Waals surface area contributed by atoms with Crippen LogP contribution in [0.15, 0.2) is 24.4 Å². The highest BCUT2D eigenvalue weighted by Crippen LogP contribution is 2.25. The molecule has 2 aromatic rings. The first-order valence-electron chi connectivity index (χ1n) is 5.46. The molecule has 0 N–H and O–H groups in total. The van der Waals surface area contributed by atoms with E-state index in [-0.39, 0.29) is 0 Å². The number of hydrogen-bond acceptors (Lipinski definition) is 1. The van der Waals surface area contributed by atoms with Gasteiger partial charge in [-0.2, -0.15) is 0 Å². The molecule has 0 atom stereocenters. The monoisotopic (exact) mass is 199 g/mol. The van der Waals surface area contributed by atoms with E-state index in [1.54, 1.807) is 0 Å². The van der Waals surface area contributed by atoms with E-state index >= 15 is 0 Å². The van der Waals surface area contributed by atoms with E-state index in [1.807, 2.05) is 18.3 Å². The van der Waals surface area contributed by atoms with Gasteiger partial charge in [0.25, 0.3) is 0 Å². The number of fused-ring (bicyclic) bond motifs is 3. The highest BCUT2D eigenvalue weighted by molar-refractivity contribution is 5.75. The summed E-state index contributed by atoms with van der Waals surface area (Å²) >= 11 is 0. The van der Waals surface area contributed by atoms with Gasteiger partial charge in [0.15, 0.2) is 6.29 Å². The van der Waals surface area contributed by atoms with E-state index in [0.29, 0.717) is 0 Å². The number of pyridine rings is 1. The van der Waals surface area contributed by atoms with Crippen LogP contribution in [0.25, 0.3) is 5.52 Å². The van der Waals surface area contributed by atoms with Crippen molar-refractivity contribution in [2.24, 2.45) is 0 Å². The number of carbonyl (C=O) groups is 1. The van der Waals surface area contributed by atoms with Crippen molar-refractivity contribution in [2.75, 3.05) is 0 Å². The maximum Gasteiger partial charge on any atom is 0.151 e. The zero-order valence-corrected chi connectivity index (χ0v) is 8.57. The van der Waals surface area contributed by atoms with E-state index in [1.165, 1.54) is 36.0 Å². The van der Waals surface area contributed by atoms with E-state index < -0.39 is 0 Å². The van der Waals surface area contributed by atoms with Crippen LogP contribution in [-0.2, 0) is 12.8 Å². The van der Waals surface area contributed by atoms with E-state index in [9.17, 15) is 4.79 Å². The second-order valence-corrected chi connectivity index (χ2v) is 4.20. The predicted molar refractivity (Wildman–Crippen MR) is 59.4 cm³/mol. The van der Waals surface area contributed by atoms with Crippen LogP contribution in [0.1, 0.15) is 34.5 Å². The Morgan fingerprint density at radius 2 is 2.07 bits per heavy atom. The van der Waals surface area contributed by atoms with Gasteiger partial charge in [0.1, 0.15) is 0 Å². The van der Waals surface area contributed by atoms with Gasteiger partial charge in [-0.1, -0.05) is 0 Å². The maximum absolute atomic E-state index is 10.7. The van der Waals surface area contributed by atoms with Crippen LogP contribution in [0.3, 0.4) is 0 Å². The number of aromatic nitrogens is 1. The van der Waals surface area contributed by atoms with Gasteiger partial charge in [0.05, 0.1) is 0 Å². The van der Waals surface area contributed by atoms with Crippen LogP contribution < -0.4 is 0 Å². The Labute approximate surface area is 88.5 Å². The van der Waals surface area contributed by atoms with Crippen molar-refractivity contribution in [3.63, 3.8) is 0 Å². The second kappa shape index (κ2) is 3.23. The highest BCUT2D eigenvalue weighted by atomic mass is 16.1. The molecule has 0 amide bonds. The predicted octanol–water partition coefficient (Wildman–Crippen LogP) is 2.63. The first-order chi connectivity index (χ1) is 7.38. The summed E-state index contributed by atoms with van der Waals surface area (Å²) in [7, 11) is 0. The molecule has 1 aliphatic carbocycles. The standard InChI is InChI=1S/C13H13NO/c15-9-10-5-6-12-7-11-3-1-2-4-13(11)14(12)8-10/h5-9H,1-4H2. The molecule has 15 heavy (non-hydrogen) atoms. The molecule has 0 aliphatic heterocycles. The van der Waals surface area contributed by atoms with Crippen molar-refractivity contribution in [2.45, 2.75) is 25.7 Å². The van der Waals surface area contributed by atoms with Crippen molar-refractivity contribution >= 4 is 11.8 Å². The first-order valence-corrected chi connectivity index (χ1v) is 5.46. The van der Waals surface area contributed by atoms with Crippen LogP contribution in [0.2, 0.25) is 0 Å². The molecule has 2 heteroatoms. The molecule has 2 aromatic heterocycles. The SMILES string of the molecule is O=Cc1ccc2cc3c(n2c1)CCCC3. The van der Waals surface area contributed by atoms with Gasteiger partial charge in [-0.3, -0.25) is 4.79 Å². The van der Waals surface area contributed by atoms with E-state index in [4.69, 9.17) is 0 Å². The fourth-order valence-corrected chi connectivity index (χ4v) is 2.47. The van der Waals surface area contributed by atoms with Crippen molar-refractivity contribution in [3.05, 3.63) is 41.2 Å². The molecule has 76 valence electrons. The minimum Gasteiger partial charge on any atom is -0.320 e. The molecule has 0 bridgehead atoms. The second-order valence-electron chi connectivity index (χ2n) is 4.20. The minimum absolute atomic E-state index is 0.756. The van der Waals surface area contributed by atoms with Gasteiger partial charge >= 0.3 is 0 Å². The average molecular weight is 199 g/mol. The lowest BCUT2D eigenvalue weighted by molar-refractivity contribution is 0.112. The molecule has 0 fully saturated rings. The summed E-state index contributed by atoms with van der Waals surface area (Å²) in [5, 5.41) is 0. The number of nitrogens with zero attached hydrogens (tertiary/aromatic N) is 1. The summed E-state index contributed by atoms with van der Waals surface area (Å²) in [5.74, 6) is 0. The van der Waals surface area contributed by atoms with Crippen LogP contribution in [-0.4, -0.2) is 10.7 Å². The Hall–Kier alpha value is -1.57. The fourth-order valence-electron chi connectivity index (χ4n) is 2.47. The van der Waals surface area contributed by atoms with Gasteiger partial charge in [0.2, 0.25) is 0 Å². The highest BCUT2D eigenvalue weighted by Gasteiger charge is 2.13. The quantitative estimate of drug-likeness (QED) is 0.647. The summed E-state index contributed by atoms with van der Waals surface area (Å²) in [6, 6.07) is 6.17. The summed E-state index contributed by atoms with van der Waals surface area (Å²) < 4.78 is 2.18. The van der Waals surface area contributed by atoms with Crippen LogP contribution in [0, 0.1) is 0 Å². The molecule has 2 heterocycles. The van der Waals surface area contributed by atoms with Crippen molar-refractivity contribution in [1.82, 2.24) is 4.40 Å². The Morgan fingerprint density at radius 3 is 2.93 bits per heavy atom. The molecule has 0 saturated carbocycles. The largest absolute Gasteiger partial charge is 0.320 e. The molecule has 0 unspecified atom stereocenters. The Kier molecular flexibility index (Phi) is 1.88.